The molecule has 2 aliphatic carbocycles. The fraction of sp³-hybridized carbons (Fsp3) is 0.222. The van der Waals surface area contributed by atoms with Gasteiger partial charge < -0.3 is 0 Å². The number of benzene rings is 1. The molecular formula is C18H17S+. The Labute approximate surface area is 117 Å². The third kappa shape index (κ3) is 1.76. The van der Waals surface area contributed by atoms with Crippen LogP contribution in [0.2, 0.25) is 0 Å². The summed E-state index contributed by atoms with van der Waals surface area (Å²) in [5.41, 5.74) is 0. The molecule has 19 heavy (non-hydrogen) atoms. The van der Waals surface area contributed by atoms with E-state index in [4.69, 9.17) is 0 Å². The van der Waals surface area contributed by atoms with Gasteiger partial charge in [0.1, 0.15) is 10.5 Å². The van der Waals surface area contributed by atoms with Crippen molar-refractivity contribution < 1.29 is 0 Å². The molecule has 0 radical (unpaired) electrons. The molecule has 94 valence electrons. The maximum Gasteiger partial charge on any atom is 0.156 e. The summed E-state index contributed by atoms with van der Waals surface area (Å²) in [6.07, 6.45) is 18.6. The van der Waals surface area contributed by atoms with E-state index in [0.29, 0.717) is 33.2 Å². The monoisotopic (exact) mass is 265 g/mol. The molecular weight excluding hydrogens is 248 g/mol. The van der Waals surface area contributed by atoms with Crippen molar-refractivity contribution in [3.05, 3.63) is 78.9 Å². The molecule has 1 aromatic rings. The van der Waals surface area contributed by atoms with E-state index >= 15 is 0 Å². The van der Waals surface area contributed by atoms with Gasteiger partial charge in [0.2, 0.25) is 0 Å². The van der Waals surface area contributed by atoms with Gasteiger partial charge in [-0.2, -0.15) is 0 Å². The zero-order valence-corrected chi connectivity index (χ0v) is 11.5. The minimum Gasteiger partial charge on any atom is -0.0753 e. The summed E-state index contributed by atoms with van der Waals surface area (Å²) in [5.74, 6) is 1.36. The van der Waals surface area contributed by atoms with Crippen molar-refractivity contribution in [2.45, 2.75) is 15.4 Å². The van der Waals surface area contributed by atoms with Crippen molar-refractivity contribution in [3.8, 4) is 0 Å². The summed E-state index contributed by atoms with van der Waals surface area (Å²) < 4.78 is 0. The summed E-state index contributed by atoms with van der Waals surface area (Å²) in [4.78, 5) is 1.52. The highest BCUT2D eigenvalue weighted by Crippen LogP contribution is 2.47. The zero-order chi connectivity index (χ0) is 12.7. The second-order valence-corrected chi connectivity index (χ2v) is 7.61. The van der Waals surface area contributed by atoms with Gasteiger partial charge in [-0.05, 0) is 24.3 Å². The lowest BCUT2D eigenvalue weighted by Gasteiger charge is -2.15. The van der Waals surface area contributed by atoms with Crippen LogP contribution >= 0.6 is 0 Å². The molecule has 0 aromatic heterocycles. The van der Waals surface area contributed by atoms with Gasteiger partial charge in [0, 0.05) is 22.7 Å². The maximum absolute atomic E-state index is 2.43. The SMILES string of the molecule is C1=CC2C3C=CC=CC3[S+](c3ccccc3)C2C=C1. The Kier molecular flexibility index (Phi) is 2.73. The summed E-state index contributed by atoms with van der Waals surface area (Å²) in [7, 11) is 0.300. The summed E-state index contributed by atoms with van der Waals surface area (Å²) in [6.45, 7) is 0. The first-order valence-electron chi connectivity index (χ1n) is 6.92. The highest BCUT2D eigenvalue weighted by atomic mass is 32.2. The van der Waals surface area contributed by atoms with Crippen molar-refractivity contribution in [3.63, 3.8) is 0 Å². The van der Waals surface area contributed by atoms with Crippen LogP contribution in [0.5, 0.6) is 0 Å². The van der Waals surface area contributed by atoms with Gasteiger partial charge in [0.15, 0.2) is 4.90 Å². The van der Waals surface area contributed by atoms with Crippen LogP contribution < -0.4 is 0 Å². The fourth-order valence-electron chi connectivity index (χ4n) is 3.48. The lowest BCUT2D eigenvalue weighted by molar-refractivity contribution is 0.527. The first-order valence-corrected chi connectivity index (χ1v) is 8.27. The van der Waals surface area contributed by atoms with Crippen LogP contribution in [0.4, 0.5) is 0 Å². The van der Waals surface area contributed by atoms with Crippen molar-refractivity contribution in [1.29, 1.82) is 0 Å². The molecule has 0 nitrogen and oxygen atoms in total. The molecule has 4 rings (SSSR count). The van der Waals surface area contributed by atoms with Gasteiger partial charge in [-0.25, -0.2) is 0 Å². The second-order valence-electron chi connectivity index (χ2n) is 5.31. The van der Waals surface area contributed by atoms with Crippen LogP contribution in [0.15, 0.2) is 83.8 Å². The van der Waals surface area contributed by atoms with Crippen molar-refractivity contribution in [2.24, 2.45) is 11.8 Å². The second kappa shape index (κ2) is 4.57. The summed E-state index contributed by atoms with van der Waals surface area (Å²) >= 11 is 0. The van der Waals surface area contributed by atoms with E-state index in [1.54, 1.807) is 0 Å². The molecule has 0 N–H and O–H groups in total. The van der Waals surface area contributed by atoms with Crippen LogP contribution in [0.3, 0.4) is 0 Å². The normalized spacial score (nSPS) is 38.2. The van der Waals surface area contributed by atoms with Crippen molar-refractivity contribution >= 4 is 10.9 Å². The van der Waals surface area contributed by atoms with E-state index in [-0.39, 0.29) is 0 Å². The van der Waals surface area contributed by atoms with E-state index in [2.05, 4.69) is 78.9 Å². The van der Waals surface area contributed by atoms with Crippen LogP contribution in [0.25, 0.3) is 0 Å². The zero-order valence-electron chi connectivity index (χ0n) is 10.7. The van der Waals surface area contributed by atoms with E-state index in [1.807, 2.05) is 0 Å². The van der Waals surface area contributed by atoms with Gasteiger partial charge in [0.05, 0.1) is 0 Å². The number of fused-ring (bicyclic) bond motifs is 3. The third-order valence-electron chi connectivity index (χ3n) is 4.30. The number of rotatable bonds is 1. The molecule has 0 amide bonds. The highest BCUT2D eigenvalue weighted by Gasteiger charge is 2.56. The standard InChI is InChI=1S/C18H17S/c1-2-8-14(9-3-1)19-17-12-6-4-10-15(17)16-11-5-7-13-18(16)19/h1-13,15-18H/q+1. The predicted octanol–water partition coefficient (Wildman–Crippen LogP) is 3.90. The Morgan fingerprint density at radius 1 is 0.632 bits per heavy atom. The van der Waals surface area contributed by atoms with Gasteiger partial charge in [-0.1, -0.05) is 54.7 Å². The number of hydrogen-bond donors (Lipinski definition) is 0. The quantitative estimate of drug-likeness (QED) is 0.676. The summed E-state index contributed by atoms with van der Waals surface area (Å²) in [6, 6.07) is 11.1. The third-order valence-corrected chi connectivity index (χ3v) is 7.23. The van der Waals surface area contributed by atoms with E-state index < -0.39 is 0 Å². The Morgan fingerprint density at radius 3 is 1.74 bits per heavy atom. The molecule has 1 fully saturated rings. The minimum atomic E-state index is 0.300. The Morgan fingerprint density at radius 2 is 1.16 bits per heavy atom. The van der Waals surface area contributed by atoms with Crippen molar-refractivity contribution in [2.75, 3.05) is 0 Å². The average Bonchev–Trinajstić information content (AvgIpc) is 2.83. The van der Waals surface area contributed by atoms with E-state index in [9.17, 15) is 0 Å². The molecule has 3 aliphatic rings. The molecule has 4 unspecified atom stereocenters. The van der Waals surface area contributed by atoms with Gasteiger partial charge in [-0.15, -0.1) is 0 Å². The number of allylic oxidation sites excluding steroid dienone is 6. The Bertz CT molecular complexity index is 545. The first kappa shape index (κ1) is 11.4. The first-order chi connectivity index (χ1) is 9.45. The van der Waals surface area contributed by atoms with Crippen molar-refractivity contribution in [1.82, 2.24) is 0 Å². The molecule has 1 aromatic carbocycles. The predicted molar refractivity (Wildman–Crippen MR) is 83.2 cm³/mol. The van der Waals surface area contributed by atoms with Gasteiger partial charge in [-0.3, -0.25) is 0 Å². The molecule has 1 aliphatic heterocycles. The fourth-order valence-corrected chi connectivity index (χ4v) is 6.69. The van der Waals surface area contributed by atoms with Gasteiger partial charge >= 0.3 is 0 Å². The summed E-state index contributed by atoms with van der Waals surface area (Å²) in [5, 5.41) is 1.35. The molecule has 1 heterocycles. The maximum atomic E-state index is 2.43. The number of hydrogen-bond acceptors (Lipinski definition) is 0. The molecule has 0 spiro atoms. The molecule has 0 saturated carbocycles. The van der Waals surface area contributed by atoms with E-state index in [1.165, 1.54) is 4.90 Å². The molecule has 4 atom stereocenters. The lowest BCUT2D eigenvalue weighted by atomic mass is 9.83. The van der Waals surface area contributed by atoms with Crippen LogP contribution in [0, 0.1) is 11.8 Å². The van der Waals surface area contributed by atoms with Crippen LogP contribution in [-0.2, 0) is 10.9 Å². The molecule has 0 bridgehead atoms. The minimum absolute atomic E-state index is 0.300. The molecule has 1 saturated heterocycles. The van der Waals surface area contributed by atoms with Gasteiger partial charge in [0.25, 0.3) is 0 Å². The topological polar surface area (TPSA) is 0 Å². The Hall–Kier alpha value is -1.47. The van der Waals surface area contributed by atoms with Crippen LogP contribution in [-0.4, -0.2) is 10.5 Å². The lowest BCUT2D eigenvalue weighted by Crippen LogP contribution is -2.24. The van der Waals surface area contributed by atoms with E-state index in [0.717, 1.165) is 0 Å². The Balaban J connectivity index is 1.81. The average molecular weight is 265 g/mol. The smallest absolute Gasteiger partial charge is 0.0753 e. The largest absolute Gasteiger partial charge is 0.156 e. The molecule has 1 heteroatoms. The highest BCUT2D eigenvalue weighted by molar-refractivity contribution is 7.98. The van der Waals surface area contributed by atoms with Crippen LogP contribution in [0.1, 0.15) is 0 Å².